The minimum Gasteiger partial charge on any atom is -0.462 e. The molecule has 1 aromatic heterocycles. The van der Waals surface area contributed by atoms with Crippen molar-refractivity contribution in [2.24, 2.45) is 69.0 Å². The Bertz CT molecular complexity index is 3810. The number of benzene rings is 2. The number of ether oxygens (including phenoxy) is 6. The van der Waals surface area contributed by atoms with Crippen LogP contribution in [0.25, 0.3) is 0 Å². The maximum atomic E-state index is 14.6. The van der Waals surface area contributed by atoms with Crippen molar-refractivity contribution >= 4 is 47.3 Å². The number of hydrogen-bond acceptors (Lipinski definition) is 15. The molecule has 3 aromatic rings. The minimum atomic E-state index is -3.27. The average molecular weight is 1440 g/mol. The van der Waals surface area contributed by atoms with Crippen LogP contribution >= 0.6 is 0 Å². The summed E-state index contributed by atoms with van der Waals surface area (Å²) >= 11 is 0. The molecule has 18 heteroatoms. The molecule has 101 heavy (non-hydrogen) atoms. The van der Waals surface area contributed by atoms with Crippen LogP contribution in [0.4, 0.5) is 0 Å². The first kappa shape index (κ1) is 72.8. The Morgan fingerprint density at radius 1 is 0.624 bits per heavy atom. The van der Waals surface area contributed by atoms with Crippen LogP contribution in [-0.4, -0.2) is 135 Å². The molecule has 8 aliphatic carbocycles. The Hall–Kier alpha value is -3.77. The lowest BCUT2D eigenvalue weighted by atomic mass is 9.44. The van der Waals surface area contributed by atoms with Crippen LogP contribution < -0.4 is 10.4 Å². The highest BCUT2D eigenvalue weighted by Gasteiger charge is 2.82. The first-order valence-corrected chi connectivity index (χ1v) is 47.1. The highest BCUT2D eigenvalue weighted by atomic mass is 28.4. The fourth-order valence-corrected chi connectivity index (χ4v) is 31.5. The molecule has 23 atom stereocenters. The summed E-state index contributed by atoms with van der Waals surface area (Å²) in [4.78, 5) is 39.2. The van der Waals surface area contributed by atoms with Crippen molar-refractivity contribution < 1.29 is 61.5 Å². The lowest BCUT2D eigenvalue weighted by Crippen LogP contribution is -2.70. The van der Waals surface area contributed by atoms with Gasteiger partial charge in [0.2, 0.25) is 5.79 Å². The Labute approximate surface area is 605 Å². The van der Waals surface area contributed by atoms with Crippen LogP contribution in [0, 0.1) is 69.0 Å². The second-order valence-corrected chi connectivity index (χ2v) is 52.8. The van der Waals surface area contributed by atoms with E-state index in [-0.39, 0.29) is 69.0 Å². The highest BCUT2D eigenvalue weighted by molar-refractivity contribution is 6.99. The van der Waals surface area contributed by atoms with E-state index in [1.54, 1.807) is 6.92 Å². The highest BCUT2D eigenvalue weighted by Crippen LogP contribution is 2.75. The summed E-state index contributed by atoms with van der Waals surface area (Å²) in [5.41, 5.74) is 0.661. The largest absolute Gasteiger partial charge is 0.462 e. The van der Waals surface area contributed by atoms with Gasteiger partial charge in [-0.15, -0.1) is 0 Å². The van der Waals surface area contributed by atoms with Gasteiger partial charge < -0.3 is 51.9 Å². The monoisotopic (exact) mass is 1440 g/mol. The number of aliphatic hydroxyl groups is 2. The summed E-state index contributed by atoms with van der Waals surface area (Å²) in [5.74, 6) is -2.53. The molecule has 2 aromatic carbocycles. The lowest BCUT2D eigenvalue weighted by molar-refractivity contribution is -0.289. The van der Waals surface area contributed by atoms with Crippen molar-refractivity contribution in [2.75, 3.05) is 13.2 Å². The molecule has 4 saturated heterocycles. The summed E-state index contributed by atoms with van der Waals surface area (Å²) in [6, 6.07) is 21.5. The summed E-state index contributed by atoms with van der Waals surface area (Å²) < 4.78 is 66.1. The fraction of sp³-hybridized carbons (Fsp3) is 0.735. The molecule has 15 rings (SSSR count). The zero-order valence-electron chi connectivity index (χ0n) is 64.8. The molecule has 15 nitrogen and oxygen atoms in total. The van der Waals surface area contributed by atoms with E-state index in [9.17, 15) is 19.8 Å². The third-order valence-electron chi connectivity index (χ3n) is 30.4. The summed E-state index contributed by atoms with van der Waals surface area (Å²) in [7, 11) is -7.87. The number of nitrogens with zero attached hydrogens (tertiary/aromatic N) is 2. The van der Waals surface area contributed by atoms with E-state index in [0.29, 0.717) is 50.5 Å². The SMILES string of the molecule is CC(=O)O[C@@H]1C[C@H]2[C@@H](CC[C@H]3Cc4nc5c(nc4C[C@@]32C)C[C@@H]2CC[C@H]3C4=C[C@@H]6O[C@]7(CC[C@](C)(O)CO7)[C@@H](C)[C@]6(O[Si](C)(C)C)[C@@]4(C)[C@H](OC(C)=O)C[C@@H]3[C@@]2(C)C5)C2=C[C@@H]3O[C@]4(O[C@](C)(CO[Si](C)(C)C(C)(C)C)C[C@H]4O[Si](c4ccccc4)(c4ccccc4)C(C)(C)C)[C@@H](C)[C@]3(O)[C@]21C. The summed E-state index contributed by atoms with van der Waals surface area (Å²) in [6.45, 7) is 46.5. The average Bonchev–Trinajstić information content (AvgIpc) is 1.51. The van der Waals surface area contributed by atoms with Gasteiger partial charge in [-0.2, -0.15) is 0 Å². The van der Waals surface area contributed by atoms with Gasteiger partial charge in [-0.3, -0.25) is 19.6 Å². The molecular formula is C83H120N2O13Si3. The molecular weight excluding hydrogens is 1320 g/mol. The van der Waals surface area contributed by atoms with Gasteiger partial charge in [0, 0.05) is 38.5 Å². The maximum absolute atomic E-state index is 14.6. The van der Waals surface area contributed by atoms with Crippen molar-refractivity contribution in [3.8, 4) is 0 Å². The molecule has 0 unspecified atom stereocenters. The van der Waals surface area contributed by atoms with Gasteiger partial charge in [-0.25, -0.2) is 0 Å². The Balaban J connectivity index is 0.745. The normalized spacial score (nSPS) is 44.3. The third-order valence-corrected chi connectivity index (χ3v) is 40.9. The second kappa shape index (κ2) is 23.4. The Morgan fingerprint density at radius 3 is 1.60 bits per heavy atom. The molecule has 0 amide bonds. The summed E-state index contributed by atoms with van der Waals surface area (Å²) in [6.07, 6.45) is 11.8. The van der Waals surface area contributed by atoms with Gasteiger partial charge in [-0.1, -0.05) is 153 Å². The van der Waals surface area contributed by atoms with E-state index in [0.717, 1.165) is 90.1 Å². The van der Waals surface area contributed by atoms with Gasteiger partial charge in [0.25, 0.3) is 8.32 Å². The standard InChI is InChI=1S/C83H120N2O13Si3/c1-49-80(37-36-74(11,88)47-90-80)94-70-43-62-58-35-33-54-39-64-66(45-77(54,14)60(58)41-68(93-52(4)87)79(62,16)82(49,70)98-99(17,18)19)85-63-38-53-32-34-57-59(76(53,13)44-65(63)84-64)40-67(92-51(3)86)78(15)61(57)42-69-81(78,89)50(2)83(95-69)71(46-75(12,97-83)48-91-100(20,21)72(5,6)7)96-101(73(8,9)10,55-28-24-22-25-29-55)56-30-26-23-27-31-56/h22-31,42-43,49-50,53-54,57-60,67-71,88-89H,32-41,44-48H2,1-21H3/t49-,50+,53+,54+,57-,58-,59+,60+,67-,68-,69+,70+,71-,74+,75+,76+,77+,78-,79-,80-,81-,82-,83+/m1/s1. The van der Waals surface area contributed by atoms with Crippen LogP contribution in [0.3, 0.4) is 0 Å². The van der Waals surface area contributed by atoms with Gasteiger partial charge in [0.05, 0.1) is 58.0 Å². The molecule has 552 valence electrons. The molecule has 2 spiro atoms. The van der Waals surface area contributed by atoms with Crippen LogP contribution in [-0.2, 0) is 77.0 Å². The summed E-state index contributed by atoms with van der Waals surface area (Å²) in [5, 5.41) is 27.6. The van der Waals surface area contributed by atoms with Crippen LogP contribution in [0.15, 0.2) is 84.0 Å². The van der Waals surface area contributed by atoms with Crippen LogP contribution in [0.2, 0.25) is 42.8 Å². The quantitative estimate of drug-likeness (QED) is 0.105. The van der Waals surface area contributed by atoms with E-state index in [4.69, 9.17) is 51.7 Å². The van der Waals surface area contributed by atoms with Crippen molar-refractivity contribution in [1.29, 1.82) is 0 Å². The van der Waals surface area contributed by atoms with Crippen molar-refractivity contribution in [3.63, 3.8) is 0 Å². The Kier molecular flexibility index (Phi) is 16.8. The number of aromatic nitrogens is 2. The number of fused-ring (bicyclic) bond motifs is 16. The molecule has 0 bridgehead atoms. The lowest BCUT2D eigenvalue weighted by Gasteiger charge is -2.63. The van der Waals surface area contributed by atoms with Crippen LogP contribution in [0.5, 0.6) is 0 Å². The van der Waals surface area contributed by atoms with E-state index in [1.165, 1.54) is 12.5 Å². The van der Waals surface area contributed by atoms with Gasteiger partial charge >= 0.3 is 11.9 Å². The molecule has 4 aliphatic heterocycles. The molecule has 0 radical (unpaired) electrons. The smallest absolute Gasteiger partial charge is 0.302 e. The topological polar surface area (TPSA) is 183 Å². The number of carbonyl (C=O) groups excluding carboxylic acids is 2. The predicted molar refractivity (Wildman–Crippen MR) is 396 cm³/mol. The molecule has 8 fully saturated rings. The van der Waals surface area contributed by atoms with E-state index in [2.05, 4.69) is 196 Å². The van der Waals surface area contributed by atoms with Crippen molar-refractivity contribution in [2.45, 2.75) is 302 Å². The molecule has 2 N–H and O–H groups in total. The first-order chi connectivity index (χ1) is 46.9. The number of esters is 2. The predicted octanol–water partition coefficient (Wildman–Crippen LogP) is 14.0. The second-order valence-electron chi connectivity index (χ2n) is 39.3. The van der Waals surface area contributed by atoms with Gasteiger partial charge in [0.1, 0.15) is 41.7 Å². The van der Waals surface area contributed by atoms with E-state index in [1.807, 2.05) is 6.92 Å². The fourth-order valence-electron chi connectivity index (χ4n) is 24.2. The first-order valence-electron chi connectivity index (χ1n) is 38.8. The van der Waals surface area contributed by atoms with E-state index >= 15 is 0 Å². The van der Waals surface area contributed by atoms with Crippen molar-refractivity contribution in [1.82, 2.24) is 9.97 Å². The third kappa shape index (κ3) is 10.4. The number of rotatable bonds is 11. The molecule has 12 aliphatic rings. The number of carbonyl (C=O) groups is 2. The Morgan fingerprint density at radius 2 is 1.13 bits per heavy atom. The zero-order valence-corrected chi connectivity index (χ0v) is 67.8. The minimum absolute atomic E-state index is 0.0388. The molecule has 5 heterocycles. The van der Waals surface area contributed by atoms with Gasteiger partial charge in [-0.05, 0) is 198 Å². The van der Waals surface area contributed by atoms with Crippen LogP contribution in [0.1, 0.15) is 191 Å². The maximum Gasteiger partial charge on any atom is 0.302 e. The molecule has 4 saturated carbocycles. The van der Waals surface area contributed by atoms with E-state index < -0.39 is 106 Å². The van der Waals surface area contributed by atoms with Gasteiger partial charge in [0.15, 0.2) is 22.4 Å². The van der Waals surface area contributed by atoms with Crippen molar-refractivity contribution in [3.05, 3.63) is 107 Å². The zero-order chi connectivity index (χ0) is 72.6. The number of hydrogen-bond donors (Lipinski definition) is 2.